The zero-order chi connectivity index (χ0) is 17.4. The number of carbonyl (C=O) groups is 1. The molecule has 6 nitrogen and oxygen atoms in total. The van der Waals surface area contributed by atoms with Crippen molar-refractivity contribution >= 4 is 11.7 Å². The van der Waals surface area contributed by atoms with Crippen LogP contribution in [0, 0.1) is 24.1 Å². The molecule has 0 spiro atoms. The lowest BCUT2D eigenvalue weighted by Crippen LogP contribution is -2.16. The van der Waals surface area contributed by atoms with Gasteiger partial charge in [-0.3, -0.25) is 4.79 Å². The summed E-state index contributed by atoms with van der Waals surface area (Å²) in [5.74, 6) is 0.515. The van der Waals surface area contributed by atoms with Crippen molar-refractivity contribution < 1.29 is 13.9 Å². The number of carbonyl (C=O) groups excluding carboxylic acids is 1. The highest BCUT2D eigenvalue weighted by Gasteiger charge is 2.09. The maximum Gasteiger partial charge on any atom is 0.225 e. The molecular formula is C17H19FN4O2. The average molecular weight is 330 g/mol. The van der Waals surface area contributed by atoms with Gasteiger partial charge in [0.05, 0.1) is 31.3 Å². The van der Waals surface area contributed by atoms with Crippen LogP contribution >= 0.6 is 0 Å². The van der Waals surface area contributed by atoms with Gasteiger partial charge in [-0.1, -0.05) is 6.07 Å². The Hall–Kier alpha value is -2.88. The molecule has 7 heteroatoms. The van der Waals surface area contributed by atoms with E-state index in [1.54, 1.807) is 22.9 Å². The number of nitrogens with one attached hydrogen (secondary N) is 1. The monoisotopic (exact) mass is 330 g/mol. The molecule has 0 bridgehead atoms. The van der Waals surface area contributed by atoms with Crippen LogP contribution in [-0.4, -0.2) is 22.3 Å². The van der Waals surface area contributed by atoms with Crippen molar-refractivity contribution in [3.05, 3.63) is 41.8 Å². The van der Waals surface area contributed by atoms with Crippen molar-refractivity contribution in [1.29, 1.82) is 5.26 Å². The van der Waals surface area contributed by atoms with Gasteiger partial charge in [-0.2, -0.15) is 10.4 Å². The van der Waals surface area contributed by atoms with Gasteiger partial charge in [-0.05, 0) is 25.5 Å². The lowest BCUT2D eigenvalue weighted by molar-refractivity contribution is -0.116. The largest absolute Gasteiger partial charge is 0.493 e. The maximum atomic E-state index is 13.0. The molecule has 0 saturated carbocycles. The molecule has 126 valence electrons. The van der Waals surface area contributed by atoms with Crippen molar-refractivity contribution in [3.63, 3.8) is 0 Å². The first-order valence-electron chi connectivity index (χ1n) is 7.68. The topological polar surface area (TPSA) is 79.9 Å². The summed E-state index contributed by atoms with van der Waals surface area (Å²) in [5.41, 5.74) is 0.776. The molecule has 1 aromatic heterocycles. The zero-order valence-electron chi connectivity index (χ0n) is 13.5. The molecule has 2 rings (SSSR count). The van der Waals surface area contributed by atoms with E-state index in [9.17, 15) is 9.18 Å². The molecular weight excluding hydrogens is 311 g/mol. The van der Waals surface area contributed by atoms with Gasteiger partial charge in [-0.15, -0.1) is 0 Å². The summed E-state index contributed by atoms with van der Waals surface area (Å²) in [6, 6.07) is 9.70. The number of anilines is 1. The number of aryl methyl sites for hydroxylation is 2. The zero-order valence-corrected chi connectivity index (χ0v) is 13.5. The first-order chi connectivity index (χ1) is 11.6. The predicted octanol–water partition coefficient (Wildman–Crippen LogP) is 3.04. The van der Waals surface area contributed by atoms with Crippen LogP contribution in [0.25, 0.3) is 0 Å². The Bertz CT molecular complexity index is 736. The molecule has 1 amide bonds. The number of hydrogen-bond donors (Lipinski definition) is 1. The third kappa shape index (κ3) is 5.39. The quantitative estimate of drug-likeness (QED) is 0.754. The highest BCUT2D eigenvalue weighted by molar-refractivity contribution is 5.89. The molecule has 2 aromatic rings. The molecule has 1 heterocycles. The fourth-order valence-electron chi connectivity index (χ4n) is 2.16. The summed E-state index contributed by atoms with van der Waals surface area (Å²) in [6.45, 7) is 2.58. The highest BCUT2D eigenvalue weighted by atomic mass is 19.1. The van der Waals surface area contributed by atoms with Gasteiger partial charge in [0.2, 0.25) is 5.91 Å². The number of amides is 1. The van der Waals surface area contributed by atoms with Gasteiger partial charge in [0.25, 0.3) is 0 Å². The Balaban J connectivity index is 1.76. The Kier molecular flexibility index (Phi) is 6.32. The fourth-order valence-corrected chi connectivity index (χ4v) is 2.16. The van der Waals surface area contributed by atoms with Gasteiger partial charge in [0.15, 0.2) is 0 Å². The molecule has 0 saturated heterocycles. The van der Waals surface area contributed by atoms with E-state index in [0.717, 1.165) is 5.69 Å². The molecule has 0 aliphatic carbocycles. The van der Waals surface area contributed by atoms with Crippen LogP contribution in [0.15, 0.2) is 30.3 Å². The number of benzene rings is 1. The number of nitriles is 1. The summed E-state index contributed by atoms with van der Waals surface area (Å²) in [4.78, 5) is 12.0. The average Bonchev–Trinajstić information content (AvgIpc) is 2.89. The predicted molar refractivity (Wildman–Crippen MR) is 87.0 cm³/mol. The summed E-state index contributed by atoms with van der Waals surface area (Å²) in [7, 11) is 0. The second-order valence-electron chi connectivity index (χ2n) is 5.26. The Morgan fingerprint density at radius 2 is 2.29 bits per heavy atom. The number of aromatic nitrogens is 2. The van der Waals surface area contributed by atoms with Gasteiger partial charge in [0.1, 0.15) is 17.4 Å². The van der Waals surface area contributed by atoms with Crippen molar-refractivity contribution in [2.24, 2.45) is 0 Å². The van der Waals surface area contributed by atoms with E-state index in [-0.39, 0.29) is 18.1 Å². The minimum atomic E-state index is -0.355. The minimum Gasteiger partial charge on any atom is -0.493 e. The van der Waals surface area contributed by atoms with Crippen LogP contribution in [0.5, 0.6) is 5.75 Å². The number of ether oxygens (including phenoxy) is 1. The third-order valence-corrected chi connectivity index (χ3v) is 3.22. The standard InChI is InChI=1S/C17H19FN4O2/c1-13-11-16(22(21-13)9-4-8-19)20-17(23)7-3-10-24-15-6-2-5-14(18)12-15/h2,5-6,11-12H,3-4,7,9-10H2,1H3,(H,20,23). The van der Waals surface area contributed by atoms with Gasteiger partial charge >= 0.3 is 0 Å². The summed E-state index contributed by atoms with van der Waals surface area (Å²) < 4.78 is 20.0. The molecule has 0 atom stereocenters. The lowest BCUT2D eigenvalue weighted by Gasteiger charge is -2.08. The van der Waals surface area contributed by atoms with Crippen LogP contribution in [0.1, 0.15) is 25.0 Å². The van der Waals surface area contributed by atoms with E-state index < -0.39 is 0 Å². The summed E-state index contributed by atoms with van der Waals surface area (Å²) >= 11 is 0. The van der Waals surface area contributed by atoms with Crippen LogP contribution in [0.2, 0.25) is 0 Å². The Labute approximate surface area is 139 Å². The first-order valence-corrected chi connectivity index (χ1v) is 7.68. The first kappa shape index (κ1) is 17.5. The fraction of sp³-hybridized carbons (Fsp3) is 0.353. The molecule has 0 radical (unpaired) electrons. The maximum absolute atomic E-state index is 13.0. The Morgan fingerprint density at radius 1 is 1.46 bits per heavy atom. The highest BCUT2D eigenvalue weighted by Crippen LogP contribution is 2.13. The second kappa shape index (κ2) is 8.67. The Morgan fingerprint density at radius 3 is 3.04 bits per heavy atom. The van der Waals surface area contributed by atoms with Crippen molar-refractivity contribution in [1.82, 2.24) is 9.78 Å². The molecule has 24 heavy (non-hydrogen) atoms. The van der Waals surface area contributed by atoms with Gasteiger partial charge < -0.3 is 10.1 Å². The van der Waals surface area contributed by atoms with Gasteiger partial charge in [-0.25, -0.2) is 9.07 Å². The van der Waals surface area contributed by atoms with Crippen molar-refractivity contribution in [2.75, 3.05) is 11.9 Å². The van der Waals surface area contributed by atoms with Crippen molar-refractivity contribution in [3.8, 4) is 11.8 Å². The molecule has 0 aliphatic heterocycles. The molecule has 0 fully saturated rings. The number of nitrogens with zero attached hydrogens (tertiary/aromatic N) is 3. The molecule has 1 N–H and O–H groups in total. The summed E-state index contributed by atoms with van der Waals surface area (Å²) in [5, 5.41) is 15.7. The van der Waals surface area contributed by atoms with E-state index in [4.69, 9.17) is 10.00 Å². The van der Waals surface area contributed by atoms with Crippen LogP contribution in [-0.2, 0) is 11.3 Å². The summed E-state index contributed by atoms with van der Waals surface area (Å²) in [6.07, 6.45) is 1.11. The minimum absolute atomic E-state index is 0.157. The molecule has 1 aromatic carbocycles. The number of halogens is 1. The SMILES string of the molecule is Cc1cc(NC(=O)CCCOc2cccc(F)c2)n(CCC#N)n1. The van der Waals surface area contributed by atoms with Crippen molar-refractivity contribution in [2.45, 2.75) is 32.7 Å². The van der Waals surface area contributed by atoms with Gasteiger partial charge in [0, 0.05) is 18.6 Å². The molecule has 0 aliphatic rings. The third-order valence-electron chi connectivity index (χ3n) is 3.22. The van der Waals surface area contributed by atoms with Crippen LogP contribution in [0.3, 0.4) is 0 Å². The normalized spacial score (nSPS) is 10.2. The number of hydrogen-bond acceptors (Lipinski definition) is 4. The van der Waals surface area contributed by atoms with E-state index in [1.807, 2.05) is 6.92 Å². The molecule has 0 unspecified atom stereocenters. The second-order valence-corrected chi connectivity index (χ2v) is 5.26. The number of rotatable bonds is 8. The van der Waals surface area contributed by atoms with E-state index in [2.05, 4.69) is 16.5 Å². The van der Waals surface area contributed by atoms with Crippen LogP contribution in [0.4, 0.5) is 10.2 Å². The smallest absolute Gasteiger partial charge is 0.225 e. The van der Waals surface area contributed by atoms with E-state index >= 15 is 0 Å². The van der Waals surface area contributed by atoms with Crippen LogP contribution < -0.4 is 10.1 Å². The van der Waals surface area contributed by atoms with E-state index in [1.165, 1.54) is 12.1 Å². The lowest BCUT2D eigenvalue weighted by atomic mass is 10.3. The van der Waals surface area contributed by atoms with E-state index in [0.29, 0.717) is 37.6 Å².